The second-order valence-corrected chi connectivity index (χ2v) is 6.82. The van der Waals surface area contributed by atoms with E-state index < -0.39 is 5.92 Å². The average molecular weight is 379 g/mol. The predicted molar refractivity (Wildman–Crippen MR) is 105 cm³/mol. The van der Waals surface area contributed by atoms with Gasteiger partial charge in [-0.05, 0) is 44.4 Å². The SMILES string of the molecule is CCc1ccc(OCC(=O)N(CCCOC(C)C)CC(C)C(=O)OC)cc1. The molecule has 1 aromatic carbocycles. The lowest BCUT2D eigenvalue weighted by Crippen LogP contribution is -2.40. The van der Waals surface area contributed by atoms with Gasteiger partial charge in [-0.25, -0.2) is 0 Å². The van der Waals surface area contributed by atoms with Crippen molar-refractivity contribution in [3.63, 3.8) is 0 Å². The smallest absolute Gasteiger partial charge is 0.310 e. The number of hydrogen-bond donors (Lipinski definition) is 0. The minimum absolute atomic E-state index is 0.0651. The van der Waals surface area contributed by atoms with E-state index in [0.717, 1.165) is 6.42 Å². The number of aryl methyl sites for hydroxylation is 1. The first kappa shape index (κ1) is 23.0. The highest BCUT2D eigenvalue weighted by atomic mass is 16.5. The van der Waals surface area contributed by atoms with E-state index in [2.05, 4.69) is 6.92 Å². The molecule has 1 aromatic rings. The molecule has 0 fully saturated rings. The van der Waals surface area contributed by atoms with Crippen LogP contribution in [0.15, 0.2) is 24.3 Å². The van der Waals surface area contributed by atoms with Crippen molar-refractivity contribution in [3.05, 3.63) is 29.8 Å². The summed E-state index contributed by atoms with van der Waals surface area (Å²) in [7, 11) is 1.35. The molecule has 27 heavy (non-hydrogen) atoms. The topological polar surface area (TPSA) is 65.1 Å². The van der Waals surface area contributed by atoms with Crippen LogP contribution in [-0.4, -0.2) is 56.3 Å². The maximum Gasteiger partial charge on any atom is 0.310 e. The first-order valence-corrected chi connectivity index (χ1v) is 9.56. The number of carbonyl (C=O) groups is 2. The summed E-state index contributed by atoms with van der Waals surface area (Å²) in [6.45, 7) is 9.08. The first-order valence-electron chi connectivity index (χ1n) is 9.56. The molecule has 0 saturated heterocycles. The van der Waals surface area contributed by atoms with Crippen molar-refractivity contribution in [1.82, 2.24) is 4.90 Å². The Morgan fingerprint density at radius 2 is 1.78 bits per heavy atom. The number of methoxy groups -OCH3 is 1. The van der Waals surface area contributed by atoms with Gasteiger partial charge in [0, 0.05) is 19.7 Å². The zero-order valence-corrected chi connectivity index (χ0v) is 17.2. The molecule has 0 saturated carbocycles. The van der Waals surface area contributed by atoms with Gasteiger partial charge in [-0.2, -0.15) is 0 Å². The Balaban J connectivity index is 2.61. The normalized spacial score (nSPS) is 11.9. The van der Waals surface area contributed by atoms with E-state index >= 15 is 0 Å². The second kappa shape index (κ2) is 12.3. The van der Waals surface area contributed by atoms with Crippen molar-refractivity contribution in [2.45, 2.75) is 46.6 Å². The van der Waals surface area contributed by atoms with Crippen LogP contribution in [0, 0.1) is 5.92 Å². The van der Waals surface area contributed by atoms with Crippen molar-refractivity contribution < 1.29 is 23.8 Å². The Bertz CT molecular complexity index is 570. The number of nitrogens with zero attached hydrogens (tertiary/aromatic N) is 1. The third-order valence-corrected chi connectivity index (χ3v) is 4.17. The second-order valence-electron chi connectivity index (χ2n) is 6.82. The van der Waals surface area contributed by atoms with Crippen LogP contribution in [-0.2, 0) is 25.5 Å². The third-order valence-electron chi connectivity index (χ3n) is 4.17. The molecule has 1 atom stereocenters. The van der Waals surface area contributed by atoms with Crippen LogP contribution in [0.2, 0.25) is 0 Å². The van der Waals surface area contributed by atoms with E-state index in [1.807, 2.05) is 38.1 Å². The fourth-order valence-corrected chi connectivity index (χ4v) is 2.56. The number of ether oxygens (including phenoxy) is 3. The number of rotatable bonds is 12. The van der Waals surface area contributed by atoms with Crippen molar-refractivity contribution in [2.75, 3.05) is 33.4 Å². The summed E-state index contributed by atoms with van der Waals surface area (Å²) >= 11 is 0. The summed E-state index contributed by atoms with van der Waals surface area (Å²) in [5.74, 6) is -0.226. The van der Waals surface area contributed by atoms with Crippen LogP contribution in [0.3, 0.4) is 0 Å². The molecule has 0 bridgehead atoms. The highest BCUT2D eigenvalue weighted by Gasteiger charge is 2.21. The van der Waals surface area contributed by atoms with E-state index in [4.69, 9.17) is 14.2 Å². The molecule has 0 radical (unpaired) electrons. The molecule has 152 valence electrons. The molecule has 1 amide bonds. The molecule has 1 rings (SSSR count). The Hall–Kier alpha value is -2.08. The fourth-order valence-electron chi connectivity index (χ4n) is 2.56. The highest BCUT2D eigenvalue weighted by Crippen LogP contribution is 2.13. The number of amides is 1. The van der Waals surface area contributed by atoms with E-state index in [1.54, 1.807) is 11.8 Å². The third kappa shape index (κ3) is 8.91. The number of carbonyl (C=O) groups excluding carboxylic acids is 2. The average Bonchev–Trinajstić information content (AvgIpc) is 2.67. The van der Waals surface area contributed by atoms with Crippen LogP contribution in [0.25, 0.3) is 0 Å². The Morgan fingerprint density at radius 1 is 1.11 bits per heavy atom. The molecule has 0 aromatic heterocycles. The van der Waals surface area contributed by atoms with Gasteiger partial charge < -0.3 is 19.1 Å². The Kier molecular flexibility index (Phi) is 10.5. The number of hydrogen-bond acceptors (Lipinski definition) is 5. The maximum absolute atomic E-state index is 12.6. The molecule has 0 aliphatic carbocycles. The molecular weight excluding hydrogens is 346 g/mol. The maximum atomic E-state index is 12.6. The van der Waals surface area contributed by atoms with Gasteiger partial charge in [0.15, 0.2) is 6.61 Å². The van der Waals surface area contributed by atoms with E-state index in [9.17, 15) is 9.59 Å². The van der Waals surface area contributed by atoms with E-state index in [1.165, 1.54) is 12.7 Å². The summed E-state index contributed by atoms with van der Waals surface area (Å²) in [4.78, 5) is 26.0. The van der Waals surface area contributed by atoms with Gasteiger partial charge in [0.25, 0.3) is 5.91 Å². The lowest BCUT2D eigenvalue weighted by atomic mass is 10.1. The molecule has 0 aliphatic heterocycles. The van der Waals surface area contributed by atoms with Crippen LogP contribution in [0.4, 0.5) is 0 Å². The standard InChI is InChI=1S/C21H33NO5/c1-6-18-8-10-19(11-9-18)27-15-20(23)22(12-7-13-26-16(2)3)14-17(4)21(24)25-5/h8-11,16-17H,6-7,12-15H2,1-5H3. The van der Waals surface area contributed by atoms with Crippen LogP contribution in [0.1, 0.15) is 39.7 Å². The summed E-state index contributed by atoms with van der Waals surface area (Å²) in [5.41, 5.74) is 1.22. The first-order chi connectivity index (χ1) is 12.9. The predicted octanol–water partition coefficient (Wildman–Crippen LogP) is 3.08. The fraction of sp³-hybridized carbons (Fsp3) is 0.619. The van der Waals surface area contributed by atoms with Gasteiger partial charge in [-0.3, -0.25) is 9.59 Å². The van der Waals surface area contributed by atoms with Gasteiger partial charge in [0.05, 0.1) is 19.1 Å². The van der Waals surface area contributed by atoms with Gasteiger partial charge in [0.1, 0.15) is 5.75 Å². The zero-order chi connectivity index (χ0) is 20.2. The van der Waals surface area contributed by atoms with Crippen molar-refractivity contribution >= 4 is 11.9 Å². The summed E-state index contributed by atoms with van der Waals surface area (Å²) < 4.78 is 15.9. The lowest BCUT2D eigenvalue weighted by Gasteiger charge is -2.25. The summed E-state index contributed by atoms with van der Waals surface area (Å²) in [5, 5.41) is 0. The summed E-state index contributed by atoms with van der Waals surface area (Å²) in [6, 6.07) is 7.70. The van der Waals surface area contributed by atoms with Gasteiger partial charge >= 0.3 is 5.97 Å². The minimum atomic E-state index is -0.395. The lowest BCUT2D eigenvalue weighted by molar-refractivity contribution is -0.146. The monoisotopic (exact) mass is 379 g/mol. The summed E-state index contributed by atoms with van der Waals surface area (Å²) in [6.07, 6.45) is 1.80. The number of benzene rings is 1. The molecule has 6 nitrogen and oxygen atoms in total. The van der Waals surface area contributed by atoms with Gasteiger partial charge in [-0.15, -0.1) is 0 Å². The largest absolute Gasteiger partial charge is 0.484 e. The number of esters is 1. The molecule has 0 aliphatic rings. The molecular formula is C21H33NO5. The van der Waals surface area contributed by atoms with Crippen LogP contribution < -0.4 is 4.74 Å². The Labute approximate surface area is 162 Å². The molecule has 6 heteroatoms. The zero-order valence-electron chi connectivity index (χ0n) is 17.2. The molecule has 0 N–H and O–H groups in total. The van der Waals surface area contributed by atoms with E-state index in [-0.39, 0.29) is 24.6 Å². The minimum Gasteiger partial charge on any atom is -0.484 e. The van der Waals surface area contributed by atoms with Gasteiger partial charge in [0.2, 0.25) is 0 Å². The van der Waals surface area contributed by atoms with E-state index in [0.29, 0.717) is 31.9 Å². The molecule has 1 unspecified atom stereocenters. The van der Waals surface area contributed by atoms with Crippen molar-refractivity contribution in [1.29, 1.82) is 0 Å². The quantitative estimate of drug-likeness (QED) is 0.412. The van der Waals surface area contributed by atoms with Crippen LogP contribution in [0.5, 0.6) is 5.75 Å². The van der Waals surface area contributed by atoms with Gasteiger partial charge in [-0.1, -0.05) is 26.0 Å². The van der Waals surface area contributed by atoms with Crippen molar-refractivity contribution in [2.24, 2.45) is 5.92 Å². The molecule has 0 heterocycles. The van der Waals surface area contributed by atoms with Crippen LogP contribution >= 0.6 is 0 Å². The Morgan fingerprint density at radius 3 is 2.33 bits per heavy atom. The highest BCUT2D eigenvalue weighted by molar-refractivity contribution is 5.79. The van der Waals surface area contributed by atoms with Crippen molar-refractivity contribution in [3.8, 4) is 5.75 Å². The molecule has 0 spiro atoms.